The molecule has 1 aromatic rings. The van der Waals surface area contributed by atoms with Crippen LogP contribution in [0.4, 0.5) is 10.6 Å². The van der Waals surface area contributed by atoms with Crippen molar-refractivity contribution in [2.24, 2.45) is 0 Å². The quantitative estimate of drug-likeness (QED) is 0.672. The van der Waals surface area contributed by atoms with Crippen LogP contribution in [0.1, 0.15) is 78.3 Å². The van der Waals surface area contributed by atoms with Crippen LogP contribution in [0.5, 0.6) is 0 Å². The first-order chi connectivity index (χ1) is 12.4. The first-order valence-corrected chi connectivity index (χ1v) is 10.1. The summed E-state index contributed by atoms with van der Waals surface area (Å²) in [6.07, 6.45) is 7.17. The molecule has 146 valence electrons. The standard InChI is InChI=1S/C21H35N3O2/c1-6-8-15-24(20(25)26-21(3,4)5)19-12-11-17(16-22-19)18-10-9-14-23(18)13-7-2/h11-12,16,18H,6-10,13-15H2,1-5H3/t18-/m1/s1. The molecule has 2 rings (SSSR count). The second-order valence-corrected chi connectivity index (χ2v) is 8.13. The normalized spacial score (nSPS) is 18.1. The van der Waals surface area contributed by atoms with Gasteiger partial charge in [0.15, 0.2) is 0 Å². The maximum Gasteiger partial charge on any atom is 0.416 e. The smallest absolute Gasteiger partial charge is 0.416 e. The van der Waals surface area contributed by atoms with E-state index in [0.717, 1.165) is 19.4 Å². The van der Waals surface area contributed by atoms with E-state index in [4.69, 9.17) is 4.74 Å². The molecule has 0 radical (unpaired) electrons. The number of unbranched alkanes of at least 4 members (excludes halogenated alkanes) is 1. The van der Waals surface area contributed by atoms with Crippen molar-refractivity contribution in [2.45, 2.75) is 78.4 Å². The predicted molar refractivity (Wildman–Crippen MR) is 107 cm³/mol. The summed E-state index contributed by atoms with van der Waals surface area (Å²) in [7, 11) is 0. The second-order valence-electron chi connectivity index (χ2n) is 8.13. The van der Waals surface area contributed by atoms with E-state index in [9.17, 15) is 4.79 Å². The van der Waals surface area contributed by atoms with Crippen molar-refractivity contribution in [2.75, 3.05) is 24.5 Å². The Morgan fingerprint density at radius 1 is 1.31 bits per heavy atom. The van der Waals surface area contributed by atoms with Gasteiger partial charge in [-0.2, -0.15) is 0 Å². The van der Waals surface area contributed by atoms with Crippen LogP contribution in [-0.4, -0.2) is 41.2 Å². The molecule has 0 spiro atoms. The minimum absolute atomic E-state index is 0.320. The molecule has 1 fully saturated rings. The minimum Gasteiger partial charge on any atom is -0.443 e. The highest BCUT2D eigenvalue weighted by molar-refractivity contribution is 5.86. The molecule has 1 atom stereocenters. The van der Waals surface area contributed by atoms with Crippen LogP contribution in [0.2, 0.25) is 0 Å². The molecule has 0 saturated carbocycles. The van der Waals surface area contributed by atoms with Crippen LogP contribution < -0.4 is 4.90 Å². The minimum atomic E-state index is -0.508. The number of ether oxygens (including phenoxy) is 1. The molecule has 2 heterocycles. The van der Waals surface area contributed by atoms with E-state index in [1.54, 1.807) is 4.90 Å². The lowest BCUT2D eigenvalue weighted by molar-refractivity contribution is 0.0578. The lowest BCUT2D eigenvalue weighted by atomic mass is 10.1. The van der Waals surface area contributed by atoms with Crippen LogP contribution in [0.3, 0.4) is 0 Å². The Labute approximate surface area is 158 Å². The van der Waals surface area contributed by atoms with Gasteiger partial charge < -0.3 is 4.74 Å². The molecule has 1 aromatic heterocycles. The Morgan fingerprint density at radius 3 is 2.65 bits per heavy atom. The van der Waals surface area contributed by atoms with E-state index in [0.29, 0.717) is 18.4 Å². The van der Waals surface area contributed by atoms with Gasteiger partial charge in [0, 0.05) is 18.8 Å². The van der Waals surface area contributed by atoms with Gasteiger partial charge in [0.2, 0.25) is 0 Å². The van der Waals surface area contributed by atoms with Crippen LogP contribution in [0.25, 0.3) is 0 Å². The molecular formula is C21H35N3O2. The fourth-order valence-corrected chi connectivity index (χ4v) is 3.45. The van der Waals surface area contributed by atoms with Gasteiger partial charge in [0.1, 0.15) is 11.4 Å². The molecule has 1 saturated heterocycles. The lowest BCUT2D eigenvalue weighted by Gasteiger charge is -2.27. The molecule has 0 bridgehead atoms. The number of anilines is 1. The van der Waals surface area contributed by atoms with E-state index in [1.165, 1.54) is 31.4 Å². The molecule has 1 amide bonds. The Bertz CT molecular complexity index is 566. The number of nitrogens with zero attached hydrogens (tertiary/aromatic N) is 3. The van der Waals surface area contributed by atoms with E-state index in [-0.39, 0.29) is 6.09 Å². The van der Waals surface area contributed by atoms with Crippen molar-refractivity contribution in [3.8, 4) is 0 Å². The number of pyridine rings is 1. The summed E-state index contributed by atoms with van der Waals surface area (Å²) < 4.78 is 5.57. The van der Waals surface area contributed by atoms with Crippen molar-refractivity contribution in [3.05, 3.63) is 23.9 Å². The summed E-state index contributed by atoms with van der Waals surface area (Å²) in [6.45, 7) is 12.9. The summed E-state index contributed by atoms with van der Waals surface area (Å²) in [5, 5.41) is 0. The SMILES string of the molecule is CCCCN(C(=O)OC(C)(C)C)c1ccc([C@H]2CCCN2CCC)cn1. The molecule has 0 unspecified atom stereocenters. The molecule has 5 heteroatoms. The number of hydrogen-bond acceptors (Lipinski definition) is 4. The van der Waals surface area contributed by atoms with Crippen molar-refractivity contribution < 1.29 is 9.53 Å². The van der Waals surface area contributed by atoms with Gasteiger partial charge in [-0.3, -0.25) is 9.80 Å². The first kappa shape index (κ1) is 20.7. The van der Waals surface area contributed by atoms with E-state index < -0.39 is 5.60 Å². The van der Waals surface area contributed by atoms with Gasteiger partial charge in [-0.05, 0) is 71.2 Å². The monoisotopic (exact) mass is 361 g/mol. The zero-order chi connectivity index (χ0) is 19.2. The number of likely N-dealkylation sites (tertiary alicyclic amines) is 1. The van der Waals surface area contributed by atoms with Gasteiger partial charge in [-0.25, -0.2) is 9.78 Å². The molecule has 1 aliphatic rings. The molecule has 5 nitrogen and oxygen atoms in total. The molecule has 1 aliphatic heterocycles. The molecule has 0 aromatic carbocycles. The average molecular weight is 362 g/mol. The highest BCUT2D eigenvalue weighted by Gasteiger charge is 2.27. The summed E-state index contributed by atoms with van der Waals surface area (Å²) in [4.78, 5) is 21.4. The fraction of sp³-hybridized carbons (Fsp3) is 0.714. The topological polar surface area (TPSA) is 45.7 Å². The third-order valence-corrected chi connectivity index (χ3v) is 4.66. The van der Waals surface area contributed by atoms with Crippen molar-refractivity contribution in [1.29, 1.82) is 0 Å². The Balaban J connectivity index is 2.14. The van der Waals surface area contributed by atoms with Gasteiger partial charge in [-0.15, -0.1) is 0 Å². The lowest BCUT2D eigenvalue weighted by Crippen LogP contribution is -2.38. The number of rotatable bonds is 7. The van der Waals surface area contributed by atoms with Crippen LogP contribution in [0, 0.1) is 0 Å². The zero-order valence-corrected chi connectivity index (χ0v) is 17.1. The summed E-state index contributed by atoms with van der Waals surface area (Å²) >= 11 is 0. The van der Waals surface area contributed by atoms with E-state index in [2.05, 4.69) is 29.8 Å². The Kier molecular flexibility index (Phi) is 7.44. The average Bonchev–Trinajstić information content (AvgIpc) is 3.03. The largest absolute Gasteiger partial charge is 0.443 e. The third kappa shape index (κ3) is 5.70. The summed E-state index contributed by atoms with van der Waals surface area (Å²) in [5.74, 6) is 0.677. The Morgan fingerprint density at radius 2 is 2.08 bits per heavy atom. The second kappa shape index (κ2) is 9.36. The van der Waals surface area contributed by atoms with Crippen LogP contribution >= 0.6 is 0 Å². The van der Waals surface area contributed by atoms with Crippen molar-refractivity contribution >= 4 is 11.9 Å². The van der Waals surface area contributed by atoms with Gasteiger partial charge in [-0.1, -0.05) is 26.3 Å². The van der Waals surface area contributed by atoms with Gasteiger partial charge in [0.05, 0.1) is 0 Å². The molecule has 26 heavy (non-hydrogen) atoms. The fourth-order valence-electron chi connectivity index (χ4n) is 3.45. The number of amides is 1. The highest BCUT2D eigenvalue weighted by Crippen LogP contribution is 2.32. The molecule has 0 aliphatic carbocycles. The Hall–Kier alpha value is -1.62. The van der Waals surface area contributed by atoms with Gasteiger partial charge in [0.25, 0.3) is 0 Å². The van der Waals surface area contributed by atoms with Crippen molar-refractivity contribution in [3.63, 3.8) is 0 Å². The van der Waals surface area contributed by atoms with Crippen LogP contribution in [-0.2, 0) is 4.74 Å². The summed E-state index contributed by atoms with van der Waals surface area (Å²) in [6, 6.07) is 4.56. The number of carbonyl (C=O) groups is 1. The predicted octanol–water partition coefficient (Wildman–Crippen LogP) is 5.17. The van der Waals surface area contributed by atoms with E-state index >= 15 is 0 Å². The number of hydrogen-bond donors (Lipinski definition) is 0. The van der Waals surface area contributed by atoms with Crippen molar-refractivity contribution in [1.82, 2.24) is 9.88 Å². The third-order valence-electron chi connectivity index (χ3n) is 4.66. The number of aromatic nitrogens is 1. The van der Waals surface area contributed by atoms with Gasteiger partial charge >= 0.3 is 6.09 Å². The maximum atomic E-state index is 12.6. The molecular weight excluding hydrogens is 326 g/mol. The summed E-state index contributed by atoms with van der Waals surface area (Å²) in [5.41, 5.74) is 0.741. The molecule has 0 N–H and O–H groups in total. The van der Waals surface area contributed by atoms with E-state index in [1.807, 2.05) is 33.0 Å². The first-order valence-electron chi connectivity index (χ1n) is 10.1. The zero-order valence-electron chi connectivity index (χ0n) is 17.1. The number of carbonyl (C=O) groups excluding carboxylic acids is 1. The highest BCUT2D eigenvalue weighted by atomic mass is 16.6. The maximum absolute atomic E-state index is 12.6. The van der Waals surface area contributed by atoms with Crippen LogP contribution in [0.15, 0.2) is 18.3 Å².